The summed E-state index contributed by atoms with van der Waals surface area (Å²) in [6, 6.07) is 59.3. The van der Waals surface area contributed by atoms with Crippen molar-refractivity contribution in [2.75, 3.05) is 14.2 Å². The van der Waals surface area contributed by atoms with Crippen molar-refractivity contribution >= 4 is 33.7 Å². The summed E-state index contributed by atoms with van der Waals surface area (Å²) in [5.41, 5.74) is 0. The van der Waals surface area contributed by atoms with E-state index in [1.807, 2.05) is 24.3 Å². The van der Waals surface area contributed by atoms with Crippen molar-refractivity contribution in [3.05, 3.63) is 170 Å². The van der Waals surface area contributed by atoms with E-state index in [4.69, 9.17) is 29.3 Å². The van der Waals surface area contributed by atoms with Crippen LogP contribution in [-0.2, 0) is 31.4 Å². The SMILES string of the molecule is COc1ccc([S+](c2ccccc2)c2ccccc2)cc1.COc1ccc([S+](c2ccccc2)c2ccccc2)cc1.O=C([O-])C(F)(F)F.O=C([O-])C(F)(F)F. The van der Waals surface area contributed by atoms with E-state index in [9.17, 15) is 26.3 Å². The van der Waals surface area contributed by atoms with Crippen LogP contribution < -0.4 is 19.7 Å². The molecule has 6 aromatic rings. The summed E-state index contributed by atoms with van der Waals surface area (Å²) in [5.74, 6) is -4.23. The second kappa shape index (κ2) is 21.9. The van der Waals surface area contributed by atoms with E-state index in [0.29, 0.717) is 0 Å². The molecule has 0 radical (unpaired) electrons. The number of ether oxygens (including phenoxy) is 2. The van der Waals surface area contributed by atoms with E-state index in [-0.39, 0.29) is 21.8 Å². The highest BCUT2D eigenvalue weighted by Gasteiger charge is 2.30. The van der Waals surface area contributed by atoms with Crippen LogP contribution in [0.5, 0.6) is 11.5 Å². The van der Waals surface area contributed by atoms with E-state index < -0.39 is 24.3 Å². The van der Waals surface area contributed by atoms with Crippen LogP contribution in [0.25, 0.3) is 0 Å². The maximum Gasteiger partial charge on any atom is 0.430 e. The fourth-order valence-corrected chi connectivity index (χ4v) is 8.63. The second-order valence-corrected chi connectivity index (χ2v) is 14.8. The molecule has 6 aromatic carbocycles. The molecule has 0 aromatic heterocycles. The summed E-state index contributed by atoms with van der Waals surface area (Å²) in [4.78, 5) is 25.5. The monoisotopic (exact) mass is 812 g/mol. The largest absolute Gasteiger partial charge is 0.542 e. The summed E-state index contributed by atoms with van der Waals surface area (Å²) in [5, 5.41) is 17.6. The molecule has 0 aliphatic rings. The van der Waals surface area contributed by atoms with Gasteiger partial charge in [-0.2, -0.15) is 26.3 Å². The van der Waals surface area contributed by atoms with Crippen LogP contribution in [0.15, 0.2) is 199 Å². The molecule has 0 N–H and O–H groups in total. The average molecular weight is 813 g/mol. The maximum atomic E-state index is 10.5. The molecule has 0 spiro atoms. The van der Waals surface area contributed by atoms with Gasteiger partial charge in [0.1, 0.15) is 23.4 Å². The van der Waals surface area contributed by atoms with E-state index in [0.717, 1.165) is 11.5 Å². The molecule has 56 heavy (non-hydrogen) atoms. The van der Waals surface area contributed by atoms with Crippen molar-refractivity contribution in [3.63, 3.8) is 0 Å². The molecule has 6 nitrogen and oxygen atoms in total. The fourth-order valence-electron chi connectivity index (χ4n) is 4.47. The van der Waals surface area contributed by atoms with Gasteiger partial charge in [-0.1, -0.05) is 72.8 Å². The lowest BCUT2D eigenvalue weighted by molar-refractivity contribution is -0.344. The molecule has 292 valence electrons. The minimum Gasteiger partial charge on any atom is -0.542 e. The van der Waals surface area contributed by atoms with E-state index >= 15 is 0 Å². The Hall–Kier alpha value is -5.86. The van der Waals surface area contributed by atoms with Crippen LogP contribution in [0.1, 0.15) is 0 Å². The minimum atomic E-state index is -5.19. The summed E-state index contributed by atoms with van der Waals surface area (Å²) in [6.45, 7) is 0. The third-order valence-corrected chi connectivity index (χ3v) is 11.4. The number of carboxylic acid groups (broad SMARTS) is 2. The Morgan fingerprint density at radius 1 is 0.393 bits per heavy atom. The van der Waals surface area contributed by atoms with Crippen molar-refractivity contribution < 1.29 is 55.6 Å². The van der Waals surface area contributed by atoms with Crippen LogP contribution in [0.2, 0.25) is 0 Å². The molecule has 6 rings (SSSR count). The van der Waals surface area contributed by atoms with Crippen molar-refractivity contribution in [2.24, 2.45) is 0 Å². The third-order valence-electron chi connectivity index (χ3n) is 6.97. The van der Waals surface area contributed by atoms with E-state index in [1.165, 1.54) is 29.4 Å². The minimum absolute atomic E-state index is 0.0804. The Bertz CT molecular complexity index is 1810. The van der Waals surface area contributed by atoms with Crippen LogP contribution >= 0.6 is 0 Å². The molecule has 14 heteroatoms. The maximum absolute atomic E-state index is 10.5. The lowest BCUT2D eigenvalue weighted by Crippen LogP contribution is -2.37. The van der Waals surface area contributed by atoms with Crippen LogP contribution in [0.3, 0.4) is 0 Å². The Balaban J connectivity index is 0.000000226. The third kappa shape index (κ3) is 14.4. The van der Waals surface area contributed by atoms with Crippen LogP contribution in [0, 0.1) is 0 Å². The normalized spacial score (nSPS) is 10.8. The molecular weight excluding hydrogens is 779 g/mol. The zero-order valence-corrected chi connectivity index (χ0v) is 31.3. The Morgan fingerprint density at radius 2 is 0.571 bits per heavy atom. The molecule has 0 aliphatic carbocycles. The number of carboxylic acids is 2. The molecule has 0 amide bonds. The summed E-state index contributed by atoms with van der Waals surface area (Å²) in [6.07, 6.45) is -10.4. The molecule has 0 atom stereocenters. The summed E-state index contributed by atoms with van der Waals surface area (Å²) < 4.78 is 73.6. The highest BCUT2D eigenvalue weighted by atomic mass is 32.2. The van der Waals surface area contributed by atoms with Crippen molar-refractivity contribution in [3.8, 4) is 11.5 Å². The lowest BCUT2D eigenvalue weighted by atomic mass is 10.3. The molecule has 0 unspecified atom stereocenters. The van der Waals surface area contributed by atoms with Crippen molar-refractivity contribution in [1.29, 1.82) is 0 Å². The number of hydrogen-bond donors (Lipinski definition) is 0. The van der Waals surface area contributed by atoms with Gasteiger partial charge in [0.15, 0.2) is 29.4 Å². The number of halogens is 6. The van der Waals surface area contributed by atoms with E-state index in [2.05, 4.69) is 146 Å². The number of benzene rings is 6. The standard InChI is InChI=1S/2C19H17OS.2C2HF3O2/c2*1-20-16-12-14-19(15-13-16)21(17-8-4-2-5-9-17)18-10-6-3-7-11-18;2*3-2(4,5)1(6)7/h2*2-15H,1H3;2*(H,6,7)/q2*+1;;/p-2. The van der Waals surface area contributed by atoms with Crippen LogP contribution in [-0.4, -0.2) is 38.5 Å². The summed E-state index contributed by atoms with van der Waals surface area (Å²) in [7, 11) is 3.23. The van der Waals surface area contributed by atoms with Gasteiger partial charge in [-0.25, -0.2) is 0 Å². The van der Waals surface area contributed by atoms with Gasteiger partial charge in [0.05, 0.1) is 36.0 Å². The second-order valence-electron chi connectivity index (χ2n) is 10.8. The molecule has 0 fully saturated rings. The quantitative estimate of drug-likeness (QED) is 0.114. The predicted octanol–water partition coefficient (Wildman–Crippen LogP) is 8.18. The smallest absolute Gasteiger partial charge is 0.430 e. The van der Waals surface area contributed by atoms with Gasteiger partial charge in [0.25, 0.3) is 0 Å². The lowest BCUT2D eigenvalue weighted by Gasteiger charge is -2.08. The van der Waals surface area contributed by atoms with Gasteiger partial charge in [-0.3, -0.25) is 0 Å². The fraction of sp³-hybridized carbons (Fsp3) is 0.0952. The topological polar surface area (TPSA) is 98.7 Å². The molecular formula is C42H34F6O6S2. The molecule has 0 heterocycles. The van der Waals surface area contributed by atoms with Gasteiger partial charge in [0.2, 0.25) is 0 Å². The van der Waals surface area contributed by atoms with Gasteiger partial charge < -0.3 is 29.3 Å². The first kappa shape index (κ1) is 44.5. The zero-order chi connectivity index (χ0) is 41.1. The number of aliphatic carboxylic acids is 2. The number of alkyl halides is 6. The van der Waals surface area contributed by atoms with Crippen molar-refractivity contribution in [2.45, 2.75) is 41.7 Å². The average Bonchev–Trinajstić information content (AvgIpc) is 3.20. The molecule has 0 bridgehead atoms. The first-order valence-electron chi connectivity index (χ1n) is 16.2. The number of methoxy groups -OCH3 is 2. The van der Waals surface area contributed by atoms with Gasteiger partial charge in [0, 0.05) is 0 Å². The van der Waals surface area contributed by atoms with Crippen molar-refractivity contribution in [1.82, 2.24) is 0 Å². The highest BCUT2D eigenvalue weighted by Crippen LogP contribution is 2.33. The Morgan fingerprint density at radius 3 is 0.732 bits per heavy atom. The molecule has 0 aliphatic heterocycles. The number of carbonyl (C=O) groups is 2. The molecule has 0 saturated heterocycles. The van der Waals surface area contributed by atoms with E-state index in [1.54, 1.807) is 14.2 Å². The first-order valence-corrected chi connectivity index (χ1v) is 18.6. The number of hydrogen-bond acceptors (Lipinski definition) is 6. The Labute approximate surface area is 325 Å². The van der Waals surface area contributed by atoms with Gasteiger partial charge >= 0.3 is 12.4 Å². The number of carbonyl (C=O) groups excluding carboxylic acids is 2. The van der Waals surface area contributed by atoms with Crippen LogP contribution in [0.4, 0.5) is 26.3 Å². The predicted molar refractivity (Wildman–Crippen MR) is 198 cm³/mol. The Kier molecular flexibility index (Phi) is 17.4. The first-order chi connectivity index (χ1) is 26.6. The van der Waals surface area contributed by atoms with Gasteiger partial charge in [-0.15, -0.1) is 0 Å². The molecule has 0 saturated carbocycles. The zero-order valence-electron chi connectivity index (χ0n) is 29.7. The van der Waals surface area contributed by atoms with Gasteiger partial charge in [-0.05, 0) is 97.1 Å². The summed E-state index contributed by atoms with van der Waals surface area (Å²) >= 11 is 0. The number of rotatable bonds is 8. The highest BCUT2D eigenvalue weighted by molar-refractivity contribution is 7.97.